The molecule has 0 saturated heterocycles. The molecule has 2 atom stereocenters. The molecule has 0 fully saturated rings. The molecule has 5 heteroatoms. The van der Waals surface area contributed by atoms with Gasteiger partial charge in [0.1, 0.15) is 0 Å². The van der Waals surface area contributed by atoms with Crippen LogP contribution in [-0.2, 0) is 11.3 Å². The number of nitrogens with one attached hydrogen (secondary N) is 1. The second kappa shape index (κ2) is 8.50. The fraction of sp³-hybridized carbons (Fsp3) is 0.533. The van der Waals surface area contributed by atoms with E-state index in [2.05, 4.69) is 12.2 Å². The van der Waals surface area contributed by atoms with Gasteiger partial charge in [0, 0.05) is 22.6 Å². The minimum Gasteiger partial charge on any atom is -0.481 e. The zero-order chi connectivity index (χ0) is 15.1. The van der Waals surface area contributed by atoms with Crippen molar-refractivity contribution in [2.45, 2.75) is 45.7 Å². The maximum atomic E-state index is 10.7. The van der Waals surface area contributed by atoms with Gasteiger partial charge in [-0.2, -0.15) is 0 Å². The summed E-state index contributed by atoms with van der Waals surface area (Å²) < 4.78 is 0. The van der Waals surface area contributed by atoms with Crippen LogP contribution >= 0.6 is 23.2 Å². The third-order valence-electron chi connectivity index (χ3n) is 3.34. The molecular weight excluding hydrogens is 297 g/mol. The lowest BCUT2D eigenvalue weighted by atomic mass is 10.0. The summed E-state index contributed by atoms with van der Waals surface area (Å²) in [5.74, 6) is -0.999. The molecule has 2 N–H and O–H groups in total. The van der Waals surface area contributed by atoms with Crippen LogP contribution in [0.4, 0.5) is 0 Å². The van der Waals surface area contributed by atoms with Crippen LogP contribution in [-0.4, -0.2) is 17.1 Å². The number of carboxylic acid groups (broad SMARTS) is 1. The number of hydrogen-bond donors (Lipinski definition) is 2. The monoisotopic (exact) mass is 317 g/mol. The molecule has 0 aromatic heterocycles. The minimum atomic E-state index is -0.726. The van der Waals surface area contributed by atoms with E-state index in [1.807, 2.05) is 6.07 Å². The van der Waals surface area contributed by atoms with Crippen LogP contribution in [0.3, 0.4) is 0 Å². The topological polar surface area (TPSA) is 49.3 Å². The Labute approximate surface area is 130 Å². The molecule has 0 heterocycles. The SMILES string of the molecule is CC(CCCC(C)C(=O)O)NCc1cc(Cl)ccc1Cl. The Kier molecular flexibility index (Phi) is 7.35. The number of halogens is 2. The molecule has 0 bridgehead atoms. The molecule has 0 saturated carbocycles. The standard InChI is InChI=1S/C15H21Cl2NO2/c1-10(15(19)20)4-3-5-11(2)18-9-12-8-13(16)6-7-14(12)17/h6-8,10-11,18H,3-5,9H2,1-2H3,(H,19,20). The first-order valence-corrected chi connectivity index (χ1v) is 7.56. The largest absolute Gasteiger partial charge is 0.481 e. The van der Waals surface area contributed by atoms with Crippen molar-refractivity contribution in [3.63, 3.8) is 0 Å². The van der Waals surface area contributed by atoms with Crippen molar-refractivity contribution in [2.24, 2.45) is 5.92 Å². The summed E-state index contributed by atoms with van der Waals surface area (Å²) in [5.41, 5.74) is 0.977. The Morgan fingerprint density at radius 1 is 1.30 bits per heavy atom. The van der Waals surface area contributed by atoms with Crippen LogP contribution in [0.5, 0.6) is 0 Å². The van der Waals surface area contributed by atoms with Crippen molar-refractivity contribution >= 4 is 29.2 Å². The van der Waals surface area contributed by atoms with E-state index in [0.717, 1.165) is 18.4 Å². The van der Waals surface area contributed by atoms with Gasteiger partial charge in [-0.25, -0.2) is 0 Å². The molecule has 0 aliphatic carbocycles. The van der Waals surface area contributed by atoms with E-state index >= 15 is 0 Å². The first kappa shape index (κ1) is 17.3. The van der Waals surface area contributed by atoms with E-state index in [9.17, 15) is 4.79 Å². The summed E-state index contributed by atoms with van der Waals surface area (Å²) in [6, 6.07) is 5.73. The van der Waals surface area contributed by atoms with Gasteiger partial charge in [0.2, 0.25) is 0 Å². The molecule has 112 valence electrons. The predicted octanol–water partition coefficient (Wildman–Crippen LogP) is 4.36. The first-order chi connectivity index (χ1) is 9.40. The zero-order valence-corrected chi connectivity index (χ0v) is 13.3. The van der Waals surface area contributed by atoms with Gasteiger partial charge >= 0.3 is 5.97 Å². The Balaban J connectivity index is 2.31. The normalized spacial score (nSPS) is 14.0. The smallest absolute Gasteiger partial charge is 0.306 e. The first-order valence-electron chi connectivity index (χ1n) is 6.80. The van der Waals surface area contributed by atoms with Gasteiger partial charge in [-0.3, -0.25) is 4.79 Å². The number of hydrogen-bond acceptors (Lipinski definition) is 2. The fourth-order valence-corrected chi connectivity index (χ4v) is 2.30. The predicted molar refractivity (Wildman–Crippen MR) is 83.4 cm³/mol. The second-order valence-corrected chi connectivity index (χ2v) is 6.03. The zero-order valence-electron chi connectivity index (χ0n) is 11.8. The number of benzene rings is 1. The number of aliphatic carboxylic acids is 1. The highest BCUT2D eigenvalue weighted by Gasteiger charge is 2.11. The average molecular weight is 318 g/mol. The Hall–Kier alpha value is -0.770. The Morgan fingerprint density at radius 3 is 2.65 bits per heavy atom. The van der Waals surface area contributed by atoms with Crippen molar-refractivity contribution < 1.29 is 9.90 Å². The van der Waals surface area contributed by atoms with Crippen LogP contribution < -0.4 is 5.32 Å². The summed E-state index contributed by atoms with van der Waals surface area (Å²) in [7, 11) is 0. The molecule has 0 radical (unpaired) electrons. The van der Waals surface area contributed by atoms with Crippen molar-refractivity contribution in [2.75, 3.05) is 0 Å². The van der Waals surface area contributed by atoms with E-state index in [1.165, 1.54) is 0 Å². The maximum absolute atomic E-state index is 10.7. The van der Waals surface area contributed by atoms with Crippen LogP contribution in [0.1, 0.15) is 38.7 Å². The van der Waals surface area contributed by atoms with E-state index in [1.54, 1.807) is 19.1 Å². The number of rotatable bonds is 8. The third-order valence-corrected chi connectivity index (χ3v) is 3.95. The molecule has 1 rings (SSSR count). The molecule has 0 aliphatic heterocycles. The van der Waals surface area contributed by atoms with Crippen LogP contribution in [0.25, 0.3) is 0 Å². The lowest BCUT2D eigenvalue weighted by Crippen LogP contribution is -2.25. The lowest BCUT2D eigenvalue weighted by molar-refractivity contribution is -0.141. The molecular formula is C15H21Cl2NO2. The van der Waals surface area contributed by atoms with Crippen LogP contribution in [0.2, 0.25) is 10.0 Å². The lowest BCUT2D eigenvalue weighted by Gasteiger charge is -2.15. The van der Waals surface area contributed by atoms with Crippen molar-refractivity contribution in [3.8, 4) is 0 Å². The molecule has 1 aromatic rings. The highest BCUT2D eigenvalue weighted by atomic mass is 35.5. The summed E-state index contributed by atoms with van der Waals surface area (Å²) >= 11 is 12.0. The molecule has 0 spiro atoms. The fourth-order valence-electron chi connectivity index (χ4n) is 1.92. The van der Waals surface area contributed by atoms with Crippen molar-refractivity contribution in [1.82, 2.24) is 5.32 Å². The molecule has 0 aliphatic rings. The minimum absolute atomic E-state index is 0.274. The molecule has 3 nitrogen and oxygen atoms in total. The highest BCUT2D eigenvalue weighted by molar-refractivity contribution is 6.33. The molecule has 20 heavy (non-hydrogen) atoms. The molecule has 1 aromatic carbocycles. The van der Waals surface area contributed by atoms with Gasteiger partial charge in [0.25, 0.3) is 0 Å². The Morgan fingerprint density at radius 2 is 2.00 bits per heavy atom. The van der Waals surface area contributed by atoms with Gasteiger partial charge in [0.15, 0.2) is 0 Å². The van der Waals surface area contributed by atoms with Gasteiger partial charge < -0.3 is 10.4 Å². The second-order valence-electron chi connectivity index (χ2n) is 5.19. The summed E-state index contributed by atoms with van der Waals surface area (Å²) in [4.78, 5) is 10.7. The van der Waals surface area contributed by atoms with Gasteiger partial charge in [-0.15, -0.1) is 0 Å². The maximum Gasteiger partial charge on any atom is 0.306 e. The highest BCUT2D eigenvalue weighted by Crippen LogP contribution is 2.20. The average Bonchev–Trinajstić information content (AvgIpc) is 2.39. The Bertz CT molecular complexity index is 451. The van der Waals surface area contributed by atoms with Crippen molar-refractivity contribution in [1.29, 1.82) is 0 Å². The van der Waals surface area contributed by atoms with E-state index in [4.69, 9.17) is 28.3 Å². The van der Waals surface area contributed by atoms with Crippen molar-refractivity contribution in [3.05, 3.63) is 33.8 Å². The van der Waals surface area contributed by atoms with Gasteiger partial charge in [0.05, 0.1) is 5.92 Å². The molecule has 2 unspecified atom stereocenters. The molecule has 0 amide bonds. The van der Waals surface area contributed by atoms with Crippen LogP contribution in [0.15, 0.2) is 18.2 Å². The number of carbonyl (C=O) groups is 1. The van der Waals surface area contributed by atoms with E-state index in [-0.39, 0.29) is 5.92 Å². The van der Waals surface area contributed by atoms with Gasteiger partial charge in [-0.1, -0.05) is 36.5 Å². The van der Waals surface area contributed by atoms with Gasteiger partial charge in [-0.05, 0) is 43.5 Å². The summed E-state index contributed by atoms with van der Waals surface area (Å²) in [6.07, 6.45) is 2.54. The summed E-state index contributed by atoms with van der Waals surface area (Å²) in [5, 5.41) is 13.6. The summed E-state index contributed by atoms with van der Waals surface area (Å²) in [6.45, 7) is 4.49. The third kappa shape index (κ3) is 6.12. The number of carboxylic acids is 1. The van der Waals surface area contributed by atoms with E-state index in [0.29, 0.717) is 29.1 Å². The van der Waals surface area contributed by atoms with Crippen LogP contribution in [0, 0.1) is 5.92 Å². The van der Waals surface area contributed by atoms with E-state index < -0.39 is 5.97 Å². The quantitative estimate of drug-likeness (QED) is 0.748.